The van der Waals surface area contributed by atoms with Gasteiger partial charge in [0.1, 0.15) is 11.5 Å². The fourth-order valence-electron chi connectivity index (χ4n) is 1.78. The van der Waals surface area contributed by atoms with Crippen LogP contribution < -0.4 is 10.0 Å². The molecule has 0 saturated heterocycles. The van der Waals surface area contributed by atoms with E-state index < -0.39 is 15.8 Å². The molecule has 1 amide bonds. The zero-order valence-electron chi connectivity index (χ0n) is 12.4. The third-order valence-corrected chi connectivity index (χ3v) is 4.30. The lowest BCUT2D eigenvalue weighted by molar-refractivity contribution is 0.0948. The van der Waals surface area contributed by atoms with Crippen LogP contribution in [0.5, 0.6) is 0 Å². The smallest absolute Gasteiger partial charge is 0.269 e. The average molecular weight is 337 g/mol. The van der Waals surface area contributed by atoms with E-state index in [0.717, 1.165) is 30.7 Å². The van der Waals surface area contributed by atoms with Gasteiger partial charge < -0.3 is 5.32 Å². The Morgan fingerprint density at radius 1 is 1.22 bits per heavy atom. The predicted octanol–water partition coefficient (Wildman–Crippen LogP) is 2.16. The lowest BCUT2D eigenvalue weighted by Gasteiger charge is -2.09. The number of amides is 1. The van der Waals surface area contributed by atoms with Gasteiger partial charge in [0.15, 0.2) is 0 Å². The number of benzene rings is 1. The molecule has 0 aliphatic carbocycles. The SMILES string of the molecule is CCCNC(=O)c1cc(NS(=O)(=O)c2ccc(F)cc2)ccn1. The highest BCUT2D eigenvalue weighted by atomic mass is 32.2. The van der Waals surface area contributed by atoms with E-state index in [-0.39, 0.29) is 22.2 Å². The minimum atomic E-state index is -3.87. The second kappa shape index (κ2) is 7.19. The number of hydrogen-bond acceptors (Lipinski definition) is 4. The van der Waals surface area contributed by atoms with Gasteiger partial charge in [0.2, 0.25) is 0 Å². The van der Waals surface area contributed by atoms with E-state index in [0.29, 0.717) is 6.54 Å². The summed E-state index contributed by atoms with van der Waals surface area (Å²) in [7, 11) is -3.87. The summed E-state index contributed by atoms with van der Waals surface area (Å²) in [6.07, 6.45) is 2.12. The molecule has 0 unspecified atom stereocenters. The van der Waals surface area contributed by atoms with Gasteiger partial charge in [-0.25, -0.2) is 12.8 Å². The molecule has 0 radical (unpaired) electrons. The van der Waals surface area contributed by atoms with Crippen molar-refractivity contribution in [3.8, 4) is 0 Å². The number of nitrogens with one attached hydrogen (secondary N) is 2. The van der Waals surface area contributed by atoms with Crippen LogP contribution in [0.4, 0.5) is 10.1 Å². The van der Waals surface area contributed by atoms with E-state index in [4.69, 9.17) is 0 Å². The van der Waals surface area contributed by atoms with E-state index in [2.05, 4.69) is 15.0 Å². The van der Waals surface area contributed by atoms with Crippen LogP contribution in [-0.4, -0.2) is 25.9 Å². The van der Waals surface area contributed by atoms with E-state index in [9.17, 15) is 17.6 Å². The van der Waals surface area contributed by atoms with Crippen molar-refractivity contribution in [1.29, 1.82) is 0 Å². The molecule has 0 aliphatic heterocycles. The monoisotopic (exact) mass is 337 g/mol. The molecular weight excluding hydrogens is 321 g/mol. The number of pyridine rings is 1. The highest BCUT2D eigenvalue weighted by Gasteiger charge is 2.15. The summed E-state index contributed by atoms with van der Waals surface area (Å²) in [6, 6.07) is 7.21. The summed E-state index contributed by atoms with van der Waals surface area (Å²) < 4.78 is 39.6. The molecule has 1 heterocycles. The van der Waals surface area contributed by atoms with E-state index >= 15 is 0 Å². The fourth-order valence-corrected chi connectivity index (χ4v) is 2.82. The van der Waals surface area contributed by atoms with Gasteiger partial charge >= 0.3 is 0 Å². The molecule has 0 spiro atoms. The van der Waals surface area contributed by atoms with Crippen LogP contribution in [-0.2, 0) is 10.0 Å². The Labute approximate surface area is 133 Å². The fraction of sp³-hybridized carbons (Fsp3) is 0.200. The molecule has 8 heteroatoms. The first-order valence-electron chi connectivity index (χ1n) is 6.95. The van der Waals surface area contributed by atoms with Crippen molar-refractivity contribution < 1.29 is 17.6 Å². The second-order valence-corrected chi connectivity index (χ2v) is 6.43. The minimum Gasteiger partial charge on any atom is -0.351 e. The molecule has 0 bridgehead atoms. The number of anilines is 1. The Morgan fingerprint density at radius 2 is 1.91 bits per heavy atom. The molecule has 0 atom stereocenters. The van der Waals surface area contributed by atoms with Crippen molar-refractivity contribution in [2.24, 2.45) is 0 Å². The van der Waals surface area contributed by atoms with Gasteiger partial charge in [0.05, 0.1) is 10.6 Å². The quantitative estimate of drug-likeness (QED) is 0.845. The number of aromatic nitrogens is 1. The number of carbonyl (C=O) groups is 1. The van der Waals surface area contributed by atoms with Crippen LogP contribution in [0, 0.1) is 5.82 Å². The highest BCUT2D eigenvalue weighted by molar-refractivity contribution is 7.92. The van der Waals surface area contributed by atoms with Gasteiger partial charge in [-0.05, 0) is 42.8 Å². The maximum atomic E-state index is 12.9. The zero-order valence-corrected chi connectivity index (χ0v) is 13.2. The normalized spacial score (nSPS) is 11.0. The number of rotatable bonds is 6. The van der Waals surface area contributed by atoms with Crippen LogP contribution in [0.15, 0.2) is 47.5 Å². The molecule has 2 rings (SSSR count). The number of carbonyl (C=O) groups excluding carboxylic acids is 1. The maximum Gasteiger partial charge on any atom is 0.269 e. The van der Waals surface area contributed by atoms with Crippen molar-refractivity contribution >= 4 is 21.6 Å². The number of hydrogen-bond donors (Lipinski definition) is 2. The van der Waals surface area contributed by atoms with Gasteiger partial charge in [0, 0.05) is 12.7 Å². The van der Waals surface area contributed by atoms with E-state index in [1.807, 2.05) is 6.92 Å². The molecule has 122 valence electrons. The summed E-state index contributed by atoms with van der Waals surface area (Å²) in [5.41, 5.74) is 0.309. The minimum absolute atomic E-state index is 0.0762. The number of sulfonamides is 1. The first-order chi connectivity index (χ1) is 10.9. The molecular formula is C15H16FN3O3S. The molecule has 0 saturated carbocycles. The number of nitrogens with zero attached hydrogens (tertiary/aromatic N) is 1. The lowest BCUT2D eigenvalue weighted by atomic mass is 10.3. The first kappa shape index (κ1) is 16.9. The summed E-state index contributed by atoms with van der Waals surface area (Å²) >= 11 is 0. The molecule has 2 aromatic rings. The molecule has 23 heavy (non-hydrogen) atoms. The van der Waals surface area contributed by atoms with Gasteiger partial charge in [0.25, 0.3) is 15.9 Å². The second-order valence-electron chi connectivity index (χ2n) is 4.75. The lowest BCUT2D eigenvalue weighted by Crippen LogP contribution is -2.25. The van der Waals surface area contributed by atoms with Crippen LogP contribution in [0.1, 0.15) is 23.8 Å². The molecule has 0 fully saturated rings. The van der Waals surface area contributed by atoms with E-state index in [1.54, 1.807) is 0 Å². The third kappa shape index (κ3) is 4.49. The Hall–Kier alpha value is -2.48. The Bertz CT molecular complexity index is 792. The van der Waals surface area contributed by atoms with Crippen LogP contribution in [0.2, 0.25) is 0 Å². The molecule has 1 aromatic carbocycles. The van der Waals surface area contributed by atoms with Crippen molar-refractivity contribution in [1.82, 2.24) is 10.3 Å². The van der Waals surface area contributed by atoms with Crippen LogP contribution in [0.3, 0.4) is 0 Å². The predicted molar refractivity (Wildman–Crippen MR) is 84.1 cm³/mol. The summed E-state index contributed by atoms with van der Waals surface area (Å²) in [5, 5.41) is 2.66. The van der Waals surface area contributed by atoms with Gasteiger partial charge in [-0.2, -0.15) is 0 Å². The largest absolute Gasteiger partial charge is 0.351 e. The van der Waals surface area contributed by atoms with Gasteiger partial charge in [-0.15, -0.1) is 0 Å². The van der Waals surface area contributed by atoms with Gasteiger partial charge in [-0.3, -0.25) is 14.5 Å². The highest BCUT2D eigenvalue weighted by Crippen LogP contribution is 2.16. The molecule has 1 aromatic heterocycles. The van der Waals surface area contributed by atoms with Crippen molar-refractivity contribution in [2.75, 3.05) is 11.3 Å². The molecule has 6 nitrogen and oxygen atoms in total. The zero-order chi connectivity index (χ0) is 16.9. The number of halogens is 1. The Kier molecular flexibility index (Phi) is 5.28. The summed E-state index contributed by atoms with van der Waals surface area (Å²) in [4.78, 5) is 15.7. The third-order valence-electron chi connectivity index (χ3n) is 2.90. The first-order valence-corrected chi connectivity index (χ1v) is 8.43. The van der Waals surface area contributed by atoms with Crippen molar-refractivity contribution in [2.45, 2.75) is 18.2 Å². The molecule has 2 N–H and O–H groups in total. The van der Waals surface area contributed by atoms with Crippen LogP contribution in [0.25, 0.3) is 0 Å². The van der Waals surface area contributed by atoms with Crippen molar-refractivity contribution in [3.05, 3.63) is 54.1 Å². The topological polar surface area (TPSA) is 88.2 Å². The Balaban J connectivity index is 2.19. The Morgan fingerprint density at radius 3 is 2.57 bits per heavy atom. The van der Waals surface area contributed by atoms with Crippen LogP contribution >= 0.6 is 0 Å². The van der Waals surface area contributed by atoms with E-state index in [1.165, 1.54) is 18.3 Å². The van der Waals surface area contributed by atoms with Crippen molar-refractivity contribution in [3.63, 3.8) is 0 Å². The standard InChI is InChI=1S/C15H16FN3O3S/c1-2-8-18-15(20)14-10-12(7-9-17-14)19-23(21,22)13-5-3-11(16)4-6-13/h3-7,9-10H,2,8H2,1H3,(H,17,19)(H,18,20). The molecule has 0 aliphatic rings. The maximum absolute atomic E-state index is 12.9. The summed E-state index contributed by atoms with van der Waals surface area (Å²) in [5.74, 6) is -0.905. The average Bonchev–Trinajstić information content (AvgIpc) is 2.53. The summed E-state index contributed by atoms with van der Waals surface area (Å²) in [6.45, 7) is 2.42. The van der Waals surface area contributed by atoms with Gasteiger partial charge in [-0.1, -0.05) is 6.92 Å².